The van der Waals surface area contributed by atoms with Crippen LogP contribution in [0.15, 0.2) is 23.3 Å². The summed E-state index contributed by atoms with van der Waals surface area (Å²) in [6.07, 6.45) is 0. The van der Waals surface area contributed by atoms with E-state index in [4.69, 9.17) is 12.2 Å². The number of thiocarbonyl (C=S) groups is 1. The molecule has 2 N–H and O–H groups in total. The Morgan fingerprint density at radius 1 is 1.35 bits per heavy atom. The molecule has 0 fully saturated rings. The minimum Gasteiger partial charge on any atom is -0.364 e. The molecule has 0 radical (unpaired) electrons. The molecule has 1 aromatic heterocycles. The van der Waals surface area contributed by atoms with Gasteiger partial charge in [-0.15, -0.1) is 0 Å². The molecule has 0 aliphatic carbocycles. The number of pyridine rings is 1. The van der Waals surface area contributed by atoms with Crippen LogP contribution in [-0.4, -0.2) is 28.6 Å². The van der Waals surface area contributed by atoms with Crippen LogP contribution in [0.5, 0.6) is 0 Å². The predicted molar refractivity (Wildman–Crippen MR) is 71.2 cm³/mol. The smallest absolute Gasteiger partial charge is 0.186 e. The number of aromatic nitrogens is 1. The zero-order valence-corrected chi connectivity index (χ0v) is 10.8. The largest absolute Gasteiger partial charge is 0.364 e. The van der Waals surface area contributed by atoms with Crippen molar-refractivity contribution >= 4 is 28.8 Å². The Labute approximate surface area is 105 Å². The molecule has 0 unspecified atom stereocenters. The van der Waals surface area contributed by atoms with E-state index in [0.717, 1.165) is 0 Å². The third kappa shape index (κ3) is 3.92. The van der Waals surface area contributed by atoms with E-state index in [-0.39, 0.29) is 5.78 Å². The molecule has 90 valence electrons. The molecule has 0 saturated heterocycles. The van der Waals surface area contributed by atoms with Gasteiger partial charge in [-0.3, -0.25) is 10.2 Å². The van der Waals surface area contributed by atoms with E-state index in [9.17, 15) is 4.79 Å². The van der Waals surface area contributed by atoms with Gasteiger partial charge in [0.15, 0.2) is 10.9 Å². The number of ketones is 1. The number of nitrogens with one attached hydrogen (secondary N) is 2. The summed E-state index contributed by atoms with van der Waals surface area (Å²) < 4.78 is 0. The molecule has 17 heavy (non-hydrogen) atoms. The molecule has 6 heteroatoms. The Morgan fingerprint density at radius 3 is 2.59 bits per heavy atom. The third-order valence-electron chi connectivity index (χ3n) is 2.03. The molecule has 0 spiro atoms. The second-order valence-corrected chi connectivity index (χ2v) is 3.76. The van der Waals surface area contributed by atoms with Gasteiger partial charge in [0.1, 0.15) is 5.69 Å². The third-order valence-corrected chi connectivity index (χ3v) is 2.33. The molecule has 0 amide bonds. The number of hydrogen-bond acceptors (Lipinski definition) is 4. The van der Waals surface area contributed by atoms with Crippen molar-refractivity contribution in [1.82, 2.24) is 15.7 Å². The fourth-order valence-electron chi connectivity index (χ4n) is 1.08. The highest BCUT2D eigenvalue weighted by molar-refractivity contribution is 7.80. The summed E-state index contributed by atoms with van der Waals surface area (Å²) in [6, 6.07) is 5.23. The van der Waals surface area contributed by atoms with Gasteiger partial charge in [0, 0.05) is 14.0 Å². The molecule has 0 aromatic carbocycles. The topological polar surface area (TPSA) is 66.4 Å². The van der Waals surface area contributed by atoms with E-state index in [1.54, 1.807) is 32.2 Å². The van der Waals surface area contributed by atoms with Crippen molar-refractivity contribution in [3.05, 3.63) is 29.6 Å². The van der Waals surface area contributed by atoms with Gasteiger partial charge in [-0.1, -0.05) is 6.07 Å². The molecular weight excluding hydrogens is 236 g/mol. The highest BCUT2D eigenvalue weighted by Crippen LogP contribution is 2.01. The SMILES string of the molecule is CNC(=S)NN=C(C)c1cccc(C(C)=O)n1. The Hall–Kier alpha value is -1.82. The number of rotatable bonds is 3. The van der Waals surface area contributed by atoms with Crippen LogP contribution in [0.2, 0.25) is 0 Å². The molecule has 1 aromatic rings. The van der Waals surface area contributed by atoms with Gasteiger partial charge in [0.25, 0.3) is 0 Å². The van der Waals surface area contributed by atoms with E-state index in [1.165, 1.54) is 6.92 Å². The van der Waals surface area contributed by atoms with Crippen LogP contribution >= 0.6 is 12.2 Å². The van der Waals surface area contributed by atoms with E-state index < -0.39 is 0 Å². The number of carbonyl (C=O) groups excluding carboxylic acids is 1. The van der Waals surface area contributed by atoms with E-state index in [1.807, 2.05) is 0 Å². The van der Waals surface area contributed by atoms with Crippen LogP contribution in [0.25, 0.3) is 0 Å². The lowest BCUT2D eigenvalue weighted by Crippen LogP contribution is -2.29. The Bertz CT molecular complexity index is 470. The van der Waals surface area contributed by atoms with Crippen molar-refractivity contribution in [2.45, 2.75) is 13.8 Å². The van der Waals surface area contributed by atoms with Gasteiger partial charge in [0.2, 0.25) is 0 Å². The maximum Gasteiger partial charge on any atom is 0.186 e. The molecule has 0 aliphatic heterocycles. The van der Waals surface area contributed by atoms with Crippen LogP contribution in [0.4, 0.5) is 0 Å². The van der Waals surface area contributed by atoms with Crippen LogP contribution in [-0.2, 0) is 0 Å². The molecule has 1 rings (SSSR count). The standard InChI is InChI=1S/C11H14N4OS/c1-7(14-15-11(17)12-3)9-5-4-6-10(13-9)8(2)16/h4-6H,1-3H3,(H2,12,15,17). The monoisotopic (exact) mass is 250 g/mol. The summed E-state index contributed by atoms with van der Waals surface area (Å²) in [4.78, 5) is 15.4. The molecule has 0 saturated carbocycles. The van der Waals surface area contributed by atoms with Gasteiger partial charge in [-0.25, -0.2) is 4.98 Å². The lowest BCUT2D eigenvalue weighted by Gasteiger charge is -2.04. The highest BCUT2D eigenvalue weighted by atomic mass is 32.1. The zero-order valence-electron chi connectivity index (χ0n) is 9.94. The number of hydrazone groups is 1. The molecule has 5 nitrogen and oxygen atoms in total. The van der Waals surface area contributed by atoms with Crippen molar-refractivity contribution in [2.75, 3.05) is 7.05 Å². The van der Waals surface area contributed by atoms with Gasteiger partial charge in [-0.05, 0) is 31.3 Å². The maximum atomic E-state index is 11.2. The number of carbonyl (C=O) groups is 1. The second kappa shape index (κ2) is 6.05. The quantitative estimate of drug-likeness (QED) is 0.364. The summed E-state index contributed by atoms with van der Waals surface area (Å²) in [5, 5.41) is 7.22. The van der Waals surface area contributed by atoms with Crippen molar-refractivity contribution in [3.8, 4) is 0 Å². The van der Waals surface area contributed by atoms with Crippen LogP contribution in [0.1, 0.15) is 30.0 Å². The van der Waals surface area contributed by atoms with Gasteiger partial charge < -0.3 is 5.32 Å². The van der Waals surface area contributed by atoms with Gasteiger partial charge in [0.05, 0.1) is 11.4 Å². The summed E-state index contributed by atoms with van der Waals surface area (Å²) >= 11 is 4.89. The van der Waals surface area contributed by atoms with Gasteiger partial charge >= 0.3 is 0 Å². The normalized spacial score (nSPS) is 10.9. The molecule has 0 bridgehead atoms. The fourth-order valence-corrected chi connectivity index (χ4v) is 1.13. The summed E-state index contributed by atoms with van der Waals surface area (Å²) in [6.45, 7) is 3.27. The number of hydrogen-bond donors (Lipinski definition) is 2. The van der Waals surface area contributed by atoms with Crippen molar-refractivity contribution < 1.29 is 4.79 Å². The Kier molecular flexibility index (Phi) is 4.71. The van der Waals surface area contributed by atoms with Crippen molar-refractivity contribution in [1.29, 1.82) is 0 Å². The summed E-state index contributed by atoms with van der Waals surface area (Å²) in [7, 11) is 1.70. The average molecular weight is 250 g/mol. The Balaban J connectivity index is 2.88. The average Bonchev–Trinajstić information content (AvgIpc) is 2.35. The van der Waals surface area contributed by atoms with Gasteiger partial charge in [-0.2, -0.15) is 5.10 Å². The molecular formula is C11H14N4OS. The van der Waals surface area contributed by atoms with Crippen molar-refractivity contribution in [2.24, 2.45) is 5.10 Å². The lowest BCUT2D eigenvalue weighted by molar-refractivity contribution is 0.101. The number of nitrogens with zero attached hydrogens (tertiary/aromatic N) is 2. The second-order valence-electron chi connectivity index (χ2n) is 3.35. The number of Topliss-reactive ketones (excluding diaryl/α,β-unsaturated/α-hetero) is 1. The maximum absolute atomic E-state index is 11.2. The fraction of sp³-hybridized carbons (Fsp3) is 0.273. The summed E-state index contributed by atoms with van der Waals surface area (Å²) in [5.74, 6) is -0.0710. The lowest BCUT2D eigenvalue weighted by atomic mass is 10.2. The van der Waals surface area contributed by atoms with Crippen molar-refractivity contribution in [3.63, 3.8) is 0 Å². The van der Waals surface area contributed by atoms with Crippen LogP contribution in [0.3, 0.4) is 0 Å². The minimum atomic E-state index is -0.0710. The van der Waals surface area contributed by atoms with E-state index >= 15 is 0 Å². The zero-order chi connectivity index (χ0) is 12.8. The van der Waals surface area contributed by atoms with Crippen LogP contribution in [0, 0.1) is 0 Å². The highest BCUT2D eigenvalue weighted by Gasteiger charge is 2.04. The first-order valence-corrected chi connectivity index (χ1v) is 5.45. The minimum absolute atomic E-state index is 0.0710. The first-order chi connectivity index (χ1) is 8.04. The Morgan fingerprint density at radius 2 is 2.00 bits per heavy atom. The molecule has 0 aliphatic rings. The van der Waals surface area contributed by atoms with E-state index in [0.29, 0.717) is 22.2 Å². The van der Waals surface area contributed by atoms with Crippen LogP contribution < -0.4 is 10.7 Å². The molecule has 1 heterocycles. The summed E-state index contributed by atoms with van der Waals surface area (Å²) in [5.41, 5.74) is 4.39. The molecule has 0 atom stereocenters. The predicted octanol–water partition coefficient (Wildman–Crippen LogP) is 1.10. The first-order valence-electron chi connectivity index (χ1n) is 5.05. The van der Waals surface area contributed by atoms with E-state index in [2.05, 4.69) is 20.8 Å². The first kappa shape index (κ1) is 13.2.